The second-order valence-electron chi connectivity index (χ2n) is 7.14. The van der Waals surface area contributed by atoms with E-state index in [2.05, 4.69) is 12.2 Å². The van der Waals surface area contributed by atoms with Gasteiger partial charge < -0.3 is 10.1 Å². The first kappa shape index (κ1) is 23.2. The predicted molar refractivity (Wildman–Crippen MR) is 119 cm³/mol. The molecule has 0 spiro atoms. The lowest BCUT2D eigenvalue weighted by molar-refractivity contribution is -0.118. The summed E-state index contributed by atoms with van der Waals surface area (Å²) in [5, 5.41) is 3.38. The van der Waals surface area contributed by atoms with E-state index < -0.39 is 15.9 Å². The number of rotatable bonds is 6. The summed E-state index contributed by atoms with van der Waals surface area (Å²) in [6.45, 7) is 2.90. The van der Waals surface area contributed by atoms with Crippen molar-refractivity contribution < 1.29 is 17.9 Å². The Morgan fingerprint density at radius 1 is 1.07 bits per heavy atom. The van der Waals surface area contributed by atoms with E-state index in [1.165, 1.54) is 40.7 Å². The van der Waals surface area contributed by atoms with Gasteiger partial charge in [-0.15, -0.1) is 0 Å². The van der Waals surface area contributed by atoms with Crippen LogP contribution < -0.4 is 10.1 Å². The van der Waals surface area contributed by atoms with Gasteiger partial charge in [0.25, 0.3) is 5.91 Å². The van der Waals surface area contributed by atoms with Gasteiger partial charge in [-0.25, -0.2) is 8.42 Å². The highest BCUT2D eigenvalue weighted by Crippen LogP contribution is 2.32. The van der Waals surface area contributed by atoms with Crippen LogP contribution in [0.3, 0.4) is 0 Å². The minimum atomic E-state index is -3.53. The molecule has 1 amide bonds. The molecule has 162 valence electrons. The minimum absolute atomic E-state index is 0.205. The van der Waals surface area contributed by atoms with E-state index in [-0.39, 0.29) is 26.6 Å². The van der Waals surface area contributed by atoms with Crippen LogP contribution >= 0.6 is 34.8 Å². The lowest BCUT2D eigenvalue weighted by Gasteiger charge is -2.29. The van der Waals surface area contributed by atoms with E-state index in [1.807, 2.05) is 0 Å². The molecule has 10 heteroatoms. The van der Waals surface area contributed by atoms with E-state index >= 15 is 0 Å². The number of sulfonamides is 1. The van der Waals surface area contributed by atoms with Crippen LogP contribution in [0.5, 0.6) is 5.75 Å². The Balaban J connectivity index is 1.58. The highest BCUT2D eigenvalue weighted by Gasteiger charge is 2.27. The molecule has 1 heterocycles. The molecule has 0 radical (unpaired) electrons. The summed E-state index contributed by atoms with van der Waals surface area (Å²) in [5.41, 5.74) is 0.317. The molecule has 1 saturated heterocycles. The van der Waals surface area contributed by atoms with Gasteiger partial charge in [0.05, 0.1) is 25.7 Å². The Morgan fingerprint density at radius 3 is 2.30 bits per heavy atom. The van der Waals surface area contributed by atoms with Crippen LogP contribution in [0.2, 0.25) is 15.1 Å². The number of ether oxygens (including phenoxy) is 1. The normalized spacial score (nSPS) is 15.7. The van der Waals surface area contributed by atoms with E-state index in [1.54, 1.807) is 0 Å². The van der Waals surface area contributed by atoms with Gasteiger partial charge in [-0.1, -0.05) is 41.7 Å². The zero-order valence-corrected chi connectivity index (χ0v) is 19.3. The molecule has 30 heavy (non-hydrogen) atoms. The molecule has 0 atom stereocenters. The van der Waals surface area contributed by atoms with Crippen molar-refractivity contribution in [3.63, 3.8) is 0 Å². The van der Waals surface area contributed by atoms with Crippen LogP contribution in [0.1, 0.15) is 19.8 Å². The topological polar surface area (TPSA) is 75.7 Å². The smallest absolute Gasteiger partial charge is 0.262 e. The molecule has 0 unspecified atom stereocenters. The summed E-state index contributed by atoms with van der Waals surface area (Å²) in [6.07, 6.45) is 1.72. The summed E-state index contributed by atoms with van der Waals surface area (Å²) in [4.78, 5) is 12.3. The zero-order valence-electron chi connectivity index (χ0n) is 16.2. The van der Waals surface area contributed by atoms with Crippen molar-refractivity contribution in [3.05, 3.63) is 51.5 Å². The fourth-order valence-electron chi connectivity index (χ4n) is 3.04. The van der Waals surface area contributed by atoms with Gasteiger partial charge in [-0.05, 0) is 55.2 Å². The molecule has 0 saturated carbocycles. The van der Waals surface area contributed by atoms with Crippen molar-refractivity contribution in [2.24, 2.45) is 5.92 Å². The number of carbonyl (C=O) groups excluding carboxylic acids is 1. The maximum absolute atomic E-state index is 12.7. The number of nitrogens with one attached hydrogen (secondary N) is 1. The molecule has 1 N–H and O–H groups in total. The van der Waals surface area contributed by atoms with Gasteiger partial charge in [0, 0.05) is 13.1 Å². The predicted octanol–water partition coefficient (Wildman–Crippen LogP) is 5.08. The number of hydrogen-bond donors (Lipinski definition) is 1. The zero-order chi connectivity index (χ0) is 21.9. The van der Waals surface area contributed by atoms with E-state index in [0.717, 1.165) is 12.8 Å². The van der Waals surface area contributed by atoms with Crippen LogP contribution in [0, 0.1) is 5.92 Å². The van der Waals surface area contributed by atoms with Crippen molar-refractivity contribution in [1.82, 2.24) is 4.31 Å². The van der Waals surface area contributed by atoms with E-state index in [9.17, 15) is 13.2 Å². The maximum Gasteiger partial charge on any atom is 0.262 e. The van der Waals surface area contributed by atoms with Crippen molar-refractivity contribution in [2.45, 2.75) is 24.7 Å². The van der Waals surface area contributed by atoms with Gasteiger partial charge in [0.1, 0.15) is 5.75 Å². The van der Waals surface area contributed by atoms with Crippen molar-refractivity contribution in [3.8, 4) is 5.75 Å². The molecule has 0 aliphatic carbocycles. The molecule has 3 rings (SSSR count). The Bertz CT molecular complexity index is 1020. The summed E-state index contributed by atoms with van der Waals surface area (Å²) in [5.74, 6) is 0.461. The first-order chi connectivity index (χ1) is 14.2. The molecule has 1 aliphatic rings. The summed E-state index contributed by atoms with van der Waals surface area (Å²) >= 11 is 17.8. The van der Waals surface area contributed by atoms with Crippen molar-refractivity contribution in [2.75, 3.05) is 25.0 Å². The second-order valence-corrected chi connectivity index (χ2v) is 10.3. The number of hydrogen-bond acceptors (Lipinski definition) is 4. The number of nitrogens with zero attached hydrogens (tertiary/aromatic N) is 1. The number of piperidine rings is 1. The van der Waals surface area contributed by atoms with Gasteiger partial charge in [-0.3, -0.25) is 4.79 Å². The van der Waals surface area contributed by atoms with Crippen LogP contribution in [0.25, 0.3) is 0 Å². The van der Waals surface area contributed by atoms with E-state index in [4.69, 9.17) is 39.5 Å². The average molecular weight is 492 g/mol. The molecule has 0 bridgehead atoms. The lowest BCUT2D eigenvalue weighted by Crippen LogP contribution is -2.37. The lowest BCUT2D eigenvalue weighted by atomic mass is 10.0. The average Bonchev–Trinajstić information content (AvgIpc) is 2.71. The fourth-order valence-corrected chi connectivity index (χ4v) is 5.10. The summed E-state index contributed by atoms with van der Waals surface area (Å²) < 4.78 is 32.4. The third-order valence-corrected chi connectivity index (χ3v) is 7.81. The van der Waals surface area contributed by atoms with Gasteiger partial charge in [0.2, 0.25) is 10.0 Å². The number of anilines is 1. The molecule has 1 fully saturated rings. The molecule has 2 aromatic carbocycles. The number of carbonyl (C=O) groups is 1. The molecular weight excluding hydrogens is 471 g/mol. The van der Waals surface area contributed by atoms with Crippen molar-refractivity contribution in [1.29, 1.82) is 0 Å². The van der Waals surface area contributed by atoms with Crippen LogP contribution in [0.15, 0.2) is 41.3 Å². The van der Waals surface area contributed by atoms with Crippen LogP contribution in [0.4, 0.5) is 5.69 Å². The number of amides is 1. The van der Waals surface area contributed by atoms with Gasteiger partial charge in [0.15, 0.2) is 6.61 Å². The summed E-state index contributed by atoms with van der Waals surface area (Å²) in [7, 11) is -3.53. The highest BCUT2D eigenvalue weighted by molar-refractivity contribution is 7.89. The molecule has 0 aromatic heterocycles. The van der Waals surface area contributed by atoms with Crippen molar-refractivity contribution >= 4 is 56.4 Å². The monoisotopic (exact) mass is 490 g/mol. The summed E-state index contributed by atoms with van der Waals surface area (Å²) in [6, 6.07) is 8.90. The number of halogens is 3. The molecular formula is C20H21Cl3N2O4S. The first-order valence-corrected chi connectivity index (χ1v) is 11.9. The second kappa shape index (κ2) is 9.75. The Kier molecular flexibility index (Phi) is 7.52. The molecule has 2 aromatic rings. The fraction of sp³-hybridized carbons (Fsp3) is 0.350. The third-order valence-electron chi connectivity index (χ3n) is 4.86. The Labute approximate surface area is 191 Å². The standard InChI is InChI=1S/C20H21Cl3N2O4S/c1-13-6-8-25(9-7-13)30(27,28)15-4-2-14(3-5-15)29-12-20(26)24-19-11-17(22)16(21)10-18(19)23/h2-5,10-11,13H,6-9,12H2,1H3,(H,24,26). The van der Waals surface area contributed by atoms with Crippen LogP contribution in [-0.2, 0) is 14.8 Å². The Hall–Kier alpha value is -1.51. The largest absolute Gasteiger partial charge is 0.484 e. The molecule has 1 aliphatic heterocycles. The quantitative estimate of drug-likeness (QED) is 0.571. The minimum Gasteiger partial charge on any atom is -0.484 e. The first-order valence-electron chi connectivity index (χ1n) is 9.34. The molecule has 6 nitrogen and oxygen atoms in total. The van der Waals surface area contributed by atoms with Crippen LogP contribution in [-0.4, -0.2) is 38.3 Å². The Morgan fingerprint density at radius 2 is 1.67 bits per heavy atom. The third kappa shape index (κ3) is 5.59. The van der Waals surface area contributed by atoms with E-state index in [0.29, 0.717) is 30.4 Å². The maximum atomic E-state index is 12.7. The van der Waals surface area contributed by atoms with Gasteiger partial charge >= 0.3 is 0 Å². The highest BCUT2D eigenvalue weighted by atomic mass is 35.5. The van der Waals surface area contributed by atoms with Gasteiger partial charge in [-0.2, -0.15) is 4.31 Å². The SMILES string of the molecule is CC1CCN(S(=O)(=O)c2ccc(OCC(=O)Nc3cc(Cl)c(Cl)cc3Cl)cc2)CC1. The number of benzene rings is 2.